The van der Waals surface area contributed by atoms with E-state index in [0.717, 1.165) is 19.5 Å². The van der Waals surface area contributed by atoms with Crippen molar-refractivity contribution in [2.24, 2.45) is 5.92 Å². The third kappa shape index (κ3) is 2.69. The monoisotopic (exact) mass is 199 g/mol. The summed E-state index contributed by atoms with van der Waals surface area (Å²) in [5.74, 6) is 0.407. The van der Waals surface area contributed by atoms with Crippen LogP contribution in [0, 0.1) is 5.92 Å². The Kier molecular flexibility index (Phi) is 3.37. The van der Waals surface area contributed by atoms with Gasteiger partial charge in [-0.15, -0.1) is 0 Å². The minimum absolute atomic E-state index is 0.0269. The highest BCUT2D eigenvalue weighted by atomic mass is 16.6. The van der Waals surface area contributed by atoms with E-state index in [1.807, 2.05) is 0 Å². The van der Waals surface area contributed by atoms with Crippen LogP contribution in [0.4, 0.5) is 0 Å². The summed E-state index contributed by atoms with van der Waals surface area (Å²) in [7, 11) is 0. The Labute approximate surface area is 84.0 Å². The summed E-state index contributed by atoms with van der Waals surface area (Å²) in [6.45, 7) is 3.20. The third-order valence-electron chi connectivity index (χ3n) is 2.76. The first-order valence-electron chi connectivity index (χ1n) is 5.32. The van der Waals surface area contributed by atoms with Crippen molar-refractivity contribution in [3.05, 3.63) is 0 Å². The maximum atomic E-state index is 11.4. The van der Waals surface area contributed by atoms with E-state index in [9.17, 15) is 4.79 Å². The van der Waals surface area contributed by atoms with Crippen molar-refractivity contribution >= 4 is 5.97 Å². The Morgan fingerprint density at radius 2 is 2.36 bits per heavy atom. The number of carbonyl (C=O) groups excluding carboxylic acids is 1. The van der Waals surface area contributed by atoms with Crippen LogP contribution in [0.3, 0.4) is 0 Å². The molecule has 0 spiro atoms. The Balaban J connectivity index is 1.64. The molecular formula is C10H17NO3. The van der Waals surface area contributed by atoms with Gasteiger partial charge in [-0.25, -0.2) is 0 Å². The van der Waals surface area contributed by atoms with Gasteiger partial charge in [0.25, 0.3) is 0 Å². The summed E-state index contributed by atoms with van der Waals surface area (Å²) >= 11 is 0. The molecule has 1 N–H and O–H groups in total. The summed E-state index contributed by atoms with van der Waals surface area (Å²) in [6, 6.07) is 0. The van der Waals surface area contributed by atoms with Crippen LogP contribution < -0.4 is 5.32 Å². The maximum Gasteiger partial charge on any atom is 0.306 e. The number of esters is 1. The average molecular weight is 199 g/mol. The standard InChI is InChI=1S/C10H17NO3/c12-10(14-9-6-13-7-9)4-8-2-1-3-11-5-8/h8-9,11H,1-7H2. The second-order valence-corrected chi connectivity index (χ2v) is 4.07. The summed E-state index contributed by atoms with van der Waals surface area (Å²) < 4.78 is 10.1. The lowest BCUT2D eigenvalue weighted by Gasteiger charge is -2.27. The van der Waals surface area contributed by atoms with Gasteiger partial charge in [-0.2, -0.15) is 0 Å². The lowest BCUT2D eigenvalue weighted by atomic mass is 9.96. The summed E-state index contributed by atoms with van der Waals surface area (Å²) in [5, 5.41) is 3.29. The fourth-order valence-corrected chi connectivity index (χ4v) is 1.85. The first-order valence-corrected chi connectivity index (χ1v) is 5.32. The van der Waals surface area contributed by atoms with E-state index in [1.54, 1.807) is 0 Å². The van der Waals surface area contributed by atoms with Gasteiger partial charge in [0.2, 0.25) is 0 Å². The molecule has 2 fully saturated rings. The second-order valence-electron chi connectivity index (χ2n) is 4.07. The van der Waals surface area contributed by atoms with E-state index >= 15 is 0 Å². The molecule has 1 atom stereocenters. The van der Waals surface area contributed by atoms with Gasteiger partial charge in [0.05, 0.1) is 13.2 Å². The fraction of sp³-hybridized carbons (Fsp3) is 0.900. The molecule has 2 aliphatic rings. The van der Waals surface area contributed by atoms with Crippen molar-refractivity contribution in [1.29, 1.82) is 0 Å². The van der Waals surface area contributed by atoms with E-state index in [4.69, 9.17) is 9.47 Å². The number of piperidine rings is 1. The van der Waals surface area contributed by atoms with Crippen LogP contribution in [0.2, 0.25) is 0 Å². The van der Waals surface area contributed by atoms with Crippen LogP contribution >= 0.6 is 0 Å². The van der Waals surface area contributed by atoms with Crippen LogP contribution in [0.5, 0.6) is 0 Å². The van der Waals surface area contributed by atoms with Crippen molar-refractivity contribution in [3.8, 4) is 0 Å². The first-order chi connectivity index (χ1) is 6.84. The molecule has 0 aromatic carbocycles. The van der Waals surface area contributed by atoms with E-state index in [1.165, 1.54) is 6.42 Å². The maximum absolute atomic E-state index is 11.4. The molecule has 0 bridgehead atoms. The molecule has 1 unspecified atom stereocenters. The van der Waals surface area contributed by atoms with Gasteiger partial charge in [0.15, 0.2) is 0 Å². The van der Waals surface area contributed by atoms with Gasteiger partial charge in [-0.1, -0.05) is 0 Å². The Bertz CT molecular complexity index is 198. The molecule has 0 aromatic heterocycles. The smallest absolute Gasteiger partial charge is 0.306 e. The predicted molar refractivity (Wildman–Crippen MR) is 50.9 cm³/mol. The third-order valence-corrected chi connectivity index (χ3v) is 2.76. The molecule has 0 radical (unpaired) electrons. The van der Waals surface area contributed by atoms with Crippen molar-refractivity contribution in [1.82, 2.24) is 5.32 Å². The fourth-order valence-electron chi connectivity index (χ4n) is 1.85. The first kappa shape index (κ1) is 9.93. The van der Waals surface area contributed by atoms with Crippen LogP contribution in [0.1, 0.15) is 19.3 Å². The van der Waals surface area contributed by atoms with Gasteiger partial charge in [0.1, 0.15) is 6.10 Å². The highest BCUT2D eigenvalue weighted by molar-refractivity contribution is 5.70. The van der Waals surface area contributed by atoms with Crippen molar-refractivity contribution in [2.45, 2.75) is 25.4 Å². The largest absolute Gasteiger partial charge is 0.457 e. The summed E-state index contributed by atoms with van der Waals surface area (Å²) in [6.07, 6.45) is 2.90. The molecule has 2 rings (SSSR count). The number of ether oxygens (including phenoxy) is 2. The number of rotatable bonds is 3. The number of carbonyl (C=O) groups is 1. The van der Waals surface area contributed by atoms with Gasteiger partial charge in [-0.3, -0.25) is 4.79 Å². The zero-order valence-corrected chi connectivity index (χ0v) is 8.33. The van der Waals surface area contributed by atoms with Crippen LogP contribution in [0.15, 0.2) is 0 Å². The summed E-state index contributed by atoms with van der Waals surface area (Å²) in [4.78, 5) is 11.4. The van der Waals surface area contributed by atoms with Crippen LogP contribution in [-0.2, 0) is 14.3 Å². The van der Waals surface area contributed by atoms with Crippen molar-refractivity contribution in [3.63, 3.8) is 0 Å². The Morgan fingerprint density at radius 1 is 1.50 bits per heavy atom. The van der Waals surface area contributed by atoms with E-state index < -0.39 is 0 Å². The van der Waals surface area contributed by atoms with E-state index in [2.05, 4.69) is 5.32 Å². The quantitative estimate of drug-likeness (QED) is 0.665. The molecule has 0 amide bonds. The molecule has 2 heterocycles. The minimum atomic E-state index is -0.0630. The topological polar surface area (TPSA) is 47.6 Å². The van der Waals surface area contributed by atoms with Crippen molar-refractivity contribution in [2.75, 3.05) is 26.3 Å². The number of hydrogen-bond acceptors (Lipinski definition) is 4. The van der Waals surface area contributed by atoms with Gasteiger partial charge >= 0.3 is 5.97 Å². The number of nitrogens with one attached hydrogen (secondary N) is 1. The molecule has 4 nitrogen and oxygen atoms in total. The molecule has 4 heteroatoms. The van der Waals surface area contributed by atoms with E-state index in [0.29, 0.717) is 25.6 Å². The Hall–Kier alpha value is -0.610. The van der Waals surface area contributed by atoms with Crippen LogP contribution in [0.25, 0.3) is 0 Å². The molecular weight excluding hydrogens is 182 g/mol. The molecule has 0 aliphatic carbocycles. The minimum Gasteiger partial charge on any atom is -0.457 e. The lowest BCUT2D eigenvalue weighted by Crippen LogP contribution is -2.39. The molecule has 0 saturated carbocycles. The van der Waals surface area contributed by atoms with Crippen molar-refractivity contribution < 1.29 is 14.3 Å². The summed E-state index contributed by atoms with van der Waals surface area (Å²) in [5.41, 5.74) is 0. The van der Waals surface area contributed by atoms with Crippen LogP contribution in [-0.4, -0.2) is 38.4 Å². The highest BCUT2D eigenvalue weighted by Crippen LogP contribution is 2.16. The lowest BCUT2D eigenvalue weighted by molar-refractivity contribution is -0.173. The Morgan fingerprint density at radius 3 is 2.93 bits per heavy atom. The predicted octanol–water partition coefficient (Wildman–Crippen LogP) is 0.318. The normalized spacial score (nSPS) is 28.1. The number of hydrogen-bond donors (Lipinski definition) is 1. The molecule has 14 heavy (non-hydrogen) atoms. The zero-order valence-electron chi connectivity index (χ0n) is 8.33. The molecule has 2 aliphatic heterocycles. The van der Waals surface area contributed by atoms with Gasteiger partial charge in [-0.05, 0) is 31.8 Å². The average Bonchev–Trinajstić information content (AvgIpc) is 2.13. The zero-order chi connectivity index (χ0) is 9.80. The molecule has 80 valence electrons. The molecule has 0 aromatic rings. The second kappa shape index (κ2) is 4.75. The van der Waals surface area contributed by atoms with E-state index in [-0.39, 0.29) is 12.1 Å². The highest BCUT2D eigenvalue weighted by Gasteiger charge is 2.24. The molecule has 2 saturated heterocycles. The van der Waals surface area contributed by atoms with Gasteiger partial charge in [0, 0.05) is 6.42 Å². The SMILES string of the molecule is O=C(CC1CCCNC1)OC1COC1. The van der Waals surface area contributed by atoms with Gasteiger partial charge < -0.3 is 14.8 Å².